The third kappa shape index (κ3) is 2.18. The number of carbonyl (C=O) groups is 1. The normalized spacial score (nSPS) is 11.1. The quantitative estimate of drug-likeness (QED) is 0.744. The van der Waals surface area contributed by atoms with E-state index < -0.39 is 0 Å². The maximum absolute atomic E-state index is 11.8. The number of rotatable bonds is 2. The molecule has 0 saturated heterocycles. The van der Waals surface area contributed by atoms with Crippen molar-refractivity contribution in [2.75, 3.05) is 0 Å². The zero-order chi connectivity index (χ0) is 12.6. The zero-order valence-electron chi connectivity index (χ0n) is 10.7. The van der Waals surface area contributed by atoms with Crippen LogP contribution in [0, 0.1) is 6.92 Å². The van der Waals surface area contributed by atoms with Gasteiger partial charge in [-0.2, -0.15) is 0 Å². The summed E-state index contributed by atoms with van der Waals surface area (Å²) in [5.74, 6) is -0.259. The molecule has 0 bridgehead atoms. The number of hydrogen-bond acceptors (Lipinski definition) is 2. The van der Waals surface area contributed by atoms with Gasteiger partial charge in [0.1, 0.15) is 0 Å². The van der Waals surface area contributed by atoms with Crippen LogP contribution in [0.2, 0.25) is 0 Å². The first-order valence-electron chi connectivity index (χ1n) is 5.75. The van der Waals surface area contributed by atoms with Crippen LogP contribution in [-0.4, -0.2) is 16.6 Å². The highest BCUT2D eigenvalue weighted by molar-refractivity contribution is 5.95. The van der Waals surface area contributed by atoms with Gasteiger partial charge in [-0.05, 0) is 44.5 Å². The average Bonchev–Trinajstić information content (AvgIpc) is 2.53. The Bertz CT molecular complexity index is 567. The molecule has 0 aliphatic carbocycles. The van der Waals surface area contributed by atoms with E-state index in [1.54, 1.807) is 0 Å². The van der Waals surface area contributed by atoms with Gasteiger partial charge in [0, 0.05) is 24.1 Å². The van der Waals surface area contributed by atoms with E-state index in [2.05, 4.69) is 10.8 Å². The number of esters is 1. The number of nitrogens with zero attached hydrogens (tertiary/aromatic N) is 1. The Morgan fingerprint density at radius 3 is 2.71 bits per heavy atom. The Morgan fingerprint density at radius 1 is 1.35 bits per heavy atom. The van der Waals surface area contributed by atoms with Gasteiger partial charge in [-0.15, -0.1) is 0 Å². The lowest BCUT2D eigenvalue weighted by Gasteiger charge is -2.08. The molecule has 0 amide bonds. The molecule has 0 saturated carbocycles. The largest absolute Gasteiger partial charge is 0.459 e. The average molecular weight is 231 g/mol. The molecule has 0 aliphatic heterocycles. The molecule has 1 aromatic heterocycles. The summed E-state index contributed by atoms with van der Waals surface area (Å²) in [6.07, 6.45) is 1.97. The van der Waals surface area contributed by atoms with Crippen molar-refractivity contribution in [3.63, 3.8) is 0 Å². The van der Waals surface area contributed by atoms with Crippen molar-refractivity contribution in [1.29, 1.82) is 0 Å². The van der Waals surface area contributed by atoms with Gasteiger partial charge < -0.3 is 9.30 Å². The third-order valence-corrected chi connectivity index (χ3v) is 2.77. The fourth-order valence-electron chi connectivity index (χ4n) is 2.00. The first-order valence-corrected chi connectivity index (χ1v) is 5.75. The number of carbonyl (C=O) groups excluding carboxylic acids is 1. The molecule has 3 nitrogen and oxygen atoms in total. The number of ether oxygens (including phenoxy) is 1. The van der Waals surface area contributed by atoms with E-state index in [1.807, 2.05) is 46.0 Å². The predicted octanol–water partition coefficient (Wildman–Crippen LogP) is 3.05. The highest BCUT2D eigenvalue weighted by Gasteiger charge is 2.11. The first kappa shape index (κ1) is 11.7. The smallest absolute Gasteiger partial charge is 0.338 e. The van der Waals surface area contributed by atoms with Crippen molar-refractivity contribution in [3.05, 3.63) is 35.5 Å². The van der Waals surface area contributed by atoms with E-state index >= 15 is 0 Å². The lowest BCUT2D eigenvalue weighted by atomic mass is 10.1. The standard InChI is InChI=1S/C14H17NO2/c1-9(2)17-14(16)11-5-6-13-12(7-11)10(3)8-15(13)4/h5-9H,1-4H3. The molecule has 0 atom stereocenters. The van der Waals surface area contributed by atoms with E-state index in [9.17, 15) is 4.79 Å². The summed E-state index contributed by atoms with van der Waals surface area (Å²) in [6, 6.07) is 5.67. The van der Waals surface area contributed by atoms with Gasteiger partial charge >= 0.3 is 5.97 Å². The second-order valence-corrected chi connectivity index (χ2v) is 4.61. The molecule has 0 unspecified atom stereocenters. The van der Waals surface area contributed by atoms with Gasteiger partial charge in [-0.3, -0.25) is 0 Å². The summed E-state index contributed by atoms with van der Waals surface area (Å²) < 4.78 is 7.24. The van der Waals surface area contributed by atoms with Crippen LogP contribution < -0.4 is 0 Å². The number of benzene rings is 1. The van der Waals surface area contributed by atoms with Crippen molar-refractivity contribution in [1.82, 2.24) is 4.57 Å². The van der Waals surface area contributed by atoms with Crippen LogP contribution in [0.4, 0.5) is 0 Å². The molecule has 2 aromatic rings. The number of aromatic nitrogens is 1. The number of hydrogen-bond donors (Lipinski definition) is 0. The fourth-order valence-corrected chi connectivity index (χ4v) is 2.00. The summed E-state index contributed by atoms with van der Waals surface area (Å²) in [6.45, 7) is 5.74. The summed E-state index contributed by atoms with van der Waals surface area (Å²) >= 11 is 0. The molecule has 90 valence electrons. The van der Waals surface area contributed by atoms with E-state index in [-0.39, 0.29) is 12.1 Å². The van der Waals surface area contributed by atoms with Crippen molar-refractivity contribution >= 4 is 16.9 Å². The number of fused-ring (bicyclic) bond motifs is 1. The Kier molecular flexibility index (Phi) is 2.92. The summed E-state index contributed by atoms with van der Waals surface area (Å²) in [7, 11) is 2.00. The van der Waals surface area contributed by atoms with Gasteiger partial charge in [0.05, 0.1) is 11.7 Å². The molecule has 2 rings (SSSR count). The molecule has 0 aliphatic rings. The minimum atomic E-state index is -0.259. The predicted molar refractivity (Wildman–Crippen MR) is 68.2 cm³/mol. The lowest BCUT2D eigenvalue weighted by Crippen LogP contribution is -2.11. The molecular weight excluding hydrogens is 214 g/mol. The van der Waals surface area contributed by atoms with Crippen molar-refractivity contribution < 1.29 is 9.53 Å². The van der Waals surface area contributed by atoms with Crippen LogP contribution in [0.5, 0.6) is 0 Å². The summed E-state index contributed by atoms with van der Waals surface area (Å²) in [5, 5.41) is 1.10. The molecule has 0 spiro atoms. The maximum atomic E-state index is 11.8. The monoisotopic (exact) mass is 231 g/mol. The van der Waals surface area contributed by atoms with Gasteiger partial charge in [0.2, 0.25) is 0 Å². The Morgan fingerprint density at radius 2 is 2.06 bits per heavy atom. The van der Waals surface area contributed by atoms with Gasteiger partial charge in [0.15, 0.2) is 0 Å². The van der Waals surface area contributed by atoms with Crippen molar-refractivity contribution in [3.8, 4) is 0 Å². The second kappa shape index (κ2) is 4.24. The van der Waals surface area contributed by atoms with E-state index in [4.69, 9.17) is 4.74 Å². The minimum Gasteiger partial charge on any atom is -0.459 e. The molecule has 1 heterocycles. The molecule has 0 radical (unpaired) electrons. The summed E-state index contributed by atoms with van der Waals surface area (Å²) in [4.78, 5) is 11.8. The third-order valence-electron chi connectivity index (χ3n) is 2.77. The van der Waals surface area contributed by atoms with Crippen LogP contribution >= 0.6 is 0 Å². The van der Waals surface area contributed by atoms with Crippen LogP contribution in [-0.2, 0) is 11.8 Å². The highest BCUT2D eigenvalue weighted by Crippen LogP contribution is 2.21. The first-order chi connectivity index (χ1) is 7.99. The van der Waals surface area contributed by atoms with E-state index in [0.29, 0.717) is 5.56 Å². The van der Waals surface area contributed by atoms with Crippen LogP contribution in [0.15, 0.2) is 24.4 Å². The summed E-state index contributed by atoms with van der Waals surface area (Å²) in [5.41, 5.74) is 2.91. The molecule has 1 aromatic carbocycles. The van der Waals surface area contributed by atoms with E-state index in [0.717, 1.165) is 10.9 Å². The van der Waals surface area contributed by atoms with Gasteiger partial charge in [-0.25, -0.2) is 4.79 Å². The minimum absolute atomic E-state index is 0.0879. The Hall–Kier alpha value is -1.77. The molecule has 0 fully saturated rings. The van der Waals surface area contributed by atoms with Crippen molar-refractivity contribution in [2.24, 2.45) is 7.05 Å². The molecule has 3 heteroatoms. The topological polar surface area (TPSA) is 31.2 Å². The molecule has 0 N–H and O–H groups in total. The van der Waals surface area contributed by atoms with Gasteiger partial charge in [0.25, 0.3) is 0 Å². The molecular formula is C14H17NO2. The van der Waals surface area contributed by atoms with Crippen LogP contribution in [0.25, 0.3) is 10.9 Å². The highest BCUT2D eigenvalue weighted by atomic mass is 16.5. The Balaban J connectivity index is 2.44. The van der Waals surface area contributed by atoms with Crippen molar-refractivity contribution in [2.45, 2.75) is 26.9 Å². The van der Waals surface area contributed by atoms with Crippen LogP contribution in [0.3, 0.4) is 0 Å². The molecule has 17 heavy (non-hydrogen) atoms. The number of aryl methyl sites for hydroxylation is 2. The zero-order valence-corrected chi connectivity index (χ0v) is 10.7. The maximum Gasteiger partial charge on any atom is 0.338 e. The second-order valence-electron chi connectivity index (χ2n) is 4.61. The van der Waals surface area contributed by atoms with E-state index in [1.165, 1.54) is 5.56 Å². The van der Waals surface area contributed by atoms with Crippen LogP contribution in [0.1, 0.15) is 29.8 Å². The fraction of sp³-hybridized carbons (Fsp3) is 0.357. The SMILES string of the molecule is Cc1cn(C)c2ccc(C(=O)OC(C)C)cc12. The Labute approximate surface area is 101 Å². The van der Waals surface area contributed by atoms with Gasteiger partial charge in [-0.1, -0.05) is 0 Å². The lowest BCUT2D eigenvalue weighted by molar-refractivity contribution is 0.0378.